The molecule has 2 aromatic rings. The lowest BCUT2D eigenvalue weighted by molar-refractivity contribution is -0.147. The van der Waals surface area contributed by atoms with Crippen molar-refractivity contribution in [2.45, 2.75) is 38.3 Å². The molecule has 4 atom stereocenters. The third kappa shape index (κ3) is 3.64. The zero-order valence-electron chi connectivity index (χ0n) is 17.6. The molecular weight excluding hydrogens is 430 g/mol. The molecule has 1 N–H and O–H groups in total. The minimum absolute atomic E-state index is 0.0161. The van der Waals surface area contributed by atoms with Crippen LogP contribution in [0.1, 0.15) is 34.2 Å². The summed E-state index contributed by atoms with van der Waals surface area (Å²) in [5.41, 5.74) is 1.10. The number of nitrogens with zero attached hydrogens (tertiary/aromatic N) is 2. The molecule has 164 valence electrons. The molecule has 31 heavy (non-hydrogen) atoms. The van der Waals surface area contributed by atoms with Gasteiger partial charge in [-0.25, -0.2) is 0 Å². The number of hydrogen-bond donors (Lipinski definition) is 1. The lowest BCUT2D eigenvalue weighted by Gasteiger charge is -2.36. The maximum absolute atomic E-state index is 13.8. The first-order valence-corrected chi connectivity index (χ1v) is 12.7. The molecule has 6 nitrogen and oxygen atoms in total. The summed E-state index contributed by atoms with van der Waals surface area (Å²) in [6.45, 7) is 4.87. The molecule has 2 aromatic heterocycles. The molecule has 3 aliphatic rings. The van der Waals surface area contributed by atoms with E-state index in [0.29, 0.717) is 25.9 Å². The van der Waals surface area contributed by atoms with Crippen molar-refractivity contribution in [2.24, 2.45) is 11.8 Å². The van der Waals surface area contributed by atoms with E-state index in [4.69, 9.17) is 0 Å². The molecule has 5 rings (SSSR count). The maximum Gasteiger partial charge on any atom is 0.245 e. The molecule has 2 aliphatic heterocycles. The summed E-state index contributed by atoms with van der Waals surface area (Å²) in [5, 5.41) is 7.28. The Bertz CT molecular complexity index is 980. The van der Waals surface area contributed by atoms with Crippen molar-refractivity contribution in [2.75, 3.05) is 26.2 Å². The van der Waals surface area contributed by atoms with Gasteiger partial charge in [-0.1, -0.05) is 6.07 Å². The second kappa shape index (κ2) is 8.48. The fraction of sp³-hybridized carbons (Fsp3) is 0.522. The highest BCUT2D eigenvalue weighted by Crippen LogP contribution is 2.53. The minimum Gasteiger partial charge on any atom is -0.338 e. The van der Waals surface area contributed by atoms with Crippen molar-refractivity contribution >= 4 is 40.3 Å². The Kier molecular flexibility index (Phi) is 5.71. The number of nitrogens with one attached hydrogen (secondary N) is 1. The highest BCUT2D eigenvalue weighted by atomic mass is 32.1. The molecule has 0 spiro atoms. The van der Waals surface area contributed by atoms with Crippen molar-refractivity contribution < 1.29 is 14.4 Å². The van der Waals surface area contributed by atoms with Gasteiger partial charge in [0.05, 0.1) is 12.5 Å². The molecule has 8 heteroatoms. The molecular formula is C23H27N3O3S2. The van der Waals surface area contributed by atoms with Crippen LogP contribution in [0.4, 0.5) is 0 Å². The third-order valence-electron chi connectivity index (χ3n) is 6.95. The number of hydrogen-bond acceptors (Lipinski definition) is 6. The highest BCUT2D eigenvalue weighted by molar-refractivity contribution is 7.10. The molecule has 0 aromatic carbocycles. The van der Waals surface area contributed by atoms with Gasteiger partial charge in [0.2, 0.25) is 11.8 Å². The number of piperazine rings is 1. The smallest absolute Gasteiger partial charge is 0.245 e. The van der Waals surface area contributed by atoms with Crippen LogP contribution in [-0.4, -0.2) is 59.6 Å². The van der Waals surface area contributed by atoms with Gasteiger partial charge in [0.25, 0.3) is 0 Å². The van der Waals surface area contributed by atoms with Crippen LogP contribution in [0.3, 0.4) is 0 Å². The van der Waals surface area contributed by atoms with Crippen LogP contribution in [-0.2, 0) is 20.8 Å². The van der Waals surface area contributed by atoms with E-state index >= 15 is 0 Å². The first-order chi connectivity index (χ1) is 15.1. The van der Waals surface area contributed by atoms with Crippen LogP contribution in [0.15, 0.2) is 29.0 Å². The number of likely N-dealkylation sites (tertiary alicyclic amines) is 1. The second-order valence-corrected chi connectivity index (χ2v) is 10.7. The quantitative estimate of drug-likeness (QED) is 0.766. The van der Waals surface area contributed by atoms with E-state index < -0.39 is 6.04 Å². The molecule has 0 radical (unpaired) electrons. The molecule has 2 amide bonds. The van der Waals surface area contributed by atoms with Gasteiger partial charge in [-0.3, -0.25) is 14.4 Å². The van der Waals surface area contributed by atoms with Crippen LogP contribution in [0.5, 0.6) is 0 Å². The largest absolute Gasteiger partial charge is 0.338 e. The summed E-state index contributed by atoms with van der Waals surface area (Å²) in [7, 11) is 0. The zero-order chi connectivity index (χ0) is 21.5. The Hall–Kier alpha value is -2.03. The number of aryl methyl sites for hydroxylation is 1. The van der Waals surface area contributed by atoms with E-state index in [0.717, 1.165) is 28.4 Å². The van der Waals surface area contributed by atoms with Gasteiger partial charge in [-0.05, 0) is 41.8 Å². The van der Waals surface area contributed by atoms with Gasteiger partial charge in [0.15, 0.2) is 0 Å². The van der Waals surface area contributed by atoms with E-state index in [2.05, 4.69) is 5.32 Å². The number of rotatable bonds is 4. The predicted molar refractivity (Wildman–Crippen MR) is 121 cm³/mol. The van der Waals surface area contributed by atoms with Gasteiger partial charge in [0, 0.05) is 54.2 Å². The average Bonchev–Trinajstić information content (AvgIpc) is 3.55. The summed E-state index contributed by atoms with van der Waals surface area (Å²) in [6, 6.07) is 5.07. The number of carbonyl (C=O) groups excluding carboxylic acids is 3. The van der Waals surface area contributed by atoms with Crippen LogP contribution >= 0.6 is 22.7 Å². The highest BCUT2D eigenvalue weighted by Gasteiger charge is 2.59. The van der Waals surface area contributed by atoms with Crippen LogP contribution in [0.25, 0.3) is 0 Å². The van der Waals surface area contributed by atoms with Gasteiger partial charge in [-0.15, -0.1) is 22.7 Å². The molecule has 1 aliphatic carbocycles. The van der Waals surface area contributed by atoms with Crippen LogP contribution in [0, 0.1) is 18.8 Å². The van der Waals surface area contributed by atoms with Crippen molar-refractivity contribution in [1.82, 2.24) is 15.1 Å². The van der Waals surface area contributed by atoms with Gasteiger partial charge < -0.3 is 15.1 Å². The predicted octanol–water partition coefficient (Wildman–Crippen LogP) is 2.64. The van der Waals surface area contributed by atoms with E-state index in [-0.39, 0.29) is 41.9 Å². The normalized spacial score (nSPS) is 28.2. The van der Waals surface area contributed by atoms with Gasteiger partial charge in [-0.2, -0.15) is 0 Å². The lowest BCUT2D eigenvalue weighted by atomic mass is 9.88. The van der Waals surface area contributed by atoms with Crippen LogP contribution in [0.2, 0.25) is 0 Å². The third-order valence-corrected chi connectivity index (χ3v) is 8.91. The number of ketones is 1. The summed E-state index contributed by atoms with van der Waals surface area (Å²) < 4.78 is 0. The fourth-order valence-corrected chi connectivity index (χ4v) is 7.29. The Morgan fingerprint density at radius 2 is 1.97 bits per heavy atom. The number of fused-ring (bicyclic) bond motifs is 1. The maximum atomic E-state index is 13.8. The summed E-state index contributed by atoms with van der Waals surface area (Å²) >= 11 is 3.15. The summed E-state index contributed by atoms with van der Waals surface area (Å²) in [6.07, 6.45) is 1.47. The standard InChI is InChI=1S/C23H27N3O3S2/c1-14-6-12-31-22(14)21-19-16(4-5-17(19)27)20(23(29)25-9-7-24-8-10-25)26(21)18(28)13-15-3-2-11-30-15/h2-3,6,11-12,16,19-21,24H,4-5,7-10,13H2,1H3. The Morgan fingerprint density at radius 1 is 1.16 bits per heavy atom. The molecule has 2 saturated heterocycles. The average molecular weight is 458 g/mol. The SMILES string of the molecule is Cc1ccsc1C1C2C(=O)CCC2C(C(=O)N2CCNCC2)N1C(=O)Cc1cccs1. The molecule has 4 unspecified atom stereocenters. The van der Waals surface area contributed by atoms with Gasteiger partial charge in [0.1, 0.15) is 11.8 Å². The zero-order valence-corrected chi connectivity index (χ0v) is 19.2. The second-order valence-electron chi connectivity index (χ2n) is 8.68. The summed E-state index contributed by atoms with van der Waals surface area (Å²) in [4.78, 5) is 46.3. The molecule has 4 heterocycles. The van der Waals surface area contributed by atoms with E-state index in [1.807, 2.05) is 45.7 Å². The Labute approximate surface area is 190 Å². The monoisotopic (exact) mass is 457 g/mol. The fourth-order valence-electron chi connectivity index (χ4n) is 5.53. The molecule has 3 fully saturated rings. The molecule has 1 saturated carbocycles. The van der Waals surface area contributed by atoms with Crippen molar-refractivity contribution in [3.05, 3.63) is 44.3 Å². The first-order valence-electron chi connectivity index (χ1n) is 11.0. The van der Waals surface area contributed by atoms with Crippen molar-refractivity contribution in [3.8, 4) is 0 Å². The topological polar surface area (TPSA) is 69.7 Å². The number of Topliss-reactive ketones (excluding diaryl/α,β-unsaturated/α-hetero) is 1. The van der Waals surface area contributed by atoms with Crippen LogP contribution < -0.4 is 5.32 Å². The number of carbonyl (C=O) groups is 3. The Balaban J connectivity index is 1.56. The number of thiophene rings is 2. The van der Waals surface area contributed by atoms with E-state index in [9.17, 15) is 14.4 Å². The number of amides is 2. The Morgan fingerprint density at radius 3 is 2.65 bits per heavy atom. The lowest BCUT2D eigenvalue weighted by Crippen LogP contribution is -2.55. The van der Waals surface area contributed by atoms with Crippen molar-refractivity contribution in [1.29, 1.82) is 0 Å². The van der Waals surface area contributed by atoms with E-state index in [1.54, 1.807) is 22.7 Å². The molecule has 0 bridgehead atoms. The van der Waals surface area contributed by atoms with E-state index in [1.165, 1.54) is 0 Å². The first kappa shape index (κ1) is 20.8. The van der Waals surface area contributed by atoms with Gasteiger partial charge >= 0.3 is 0 Å². The van der Waals surface area contributed by atoms with Crippen molar-refractivity contribution in [3.63, 3.8) is 0 Å². The minimum atomic E-state index is -0.548. The summed E-state index contributed by atoms with van der Waals surface area (Å²) in [5.74, 6) is -0.194.